The van der Waals surface area contributed by atoms with E-state index >= 15 is 0 Å². The molecule has 0 fully saturated rings. The van der Waals surface area contributed by atoms with Gasteiger partial charge in [-0.2, -0.15) is 0 Å². The molecule has 3 nitrogen and oxygen atoms in total. The van der Waals surface area contributed by atoms with E-state index in [2.05, 4.69) is 109 Å². The van der Waals surface area contributed by atoms with Crippen LogP contribution in [0, 0.1) is 6.92 Å². The molecule has 0 unspecified atom stereocenters. The van der Waals surface area contributed by atoms with Gasteiger partial charge in [0.2, 0.25) is 5.52 Å². The van der Waals surface area contributed by atoms with Crippen molar-refractivity contribution in [3.05, 3.63) is 83.8 Å². The molecule has 0 N–H and O–H groups in total. The number of aromatic nitrogens is 3. The lowest BCUT2D eigenvalue weighted by Crippen LogP contribution is -3.00. The van der Waals surface area contributed by atoms with Gasteiger partial charge in [-0.05, 0) is 36.8 Å². The van der Waals surface area contributed by atoms with Gasteiger partial charge in [0.05, 0.1) is 22.3 Å². The van der Waals surface area contributed by atoms with E-state index in [1.165, 1.54) is 38.3 Å². The van der Waals surface area contributed by atoms with Gasteiger partial charge in [-0.3, -0.25) is 4.98 Å². The summed E-state index contributed by atoms with van der Waals surface area (Å²) in [6, 6.07) is 21.4. The Balaban J connectivity index is 0.00000205. The van der Waals surface area contributed by atoms with E-state index in [9.17, 15) is 0 Å². The maximum absolute atomic E-state index is 4.86. The van der Waals surface area contributed by atoms with Crippen LogP contribution in [0.2, 0.25) is 0 Å². The summed E-state index contributed by atoms with van der Waals surface area (Å²) in [4.78, 5) is 4.86. The molecule has 2 aromatic carbocycles. The van der Waals surface area contributed by atoms with Gasteiger partial charge in [-0.15, -0.1) is 0 Å². The number of benzene rings is 2. The highest BCUT2D eigenvalue weighted by molar-refractivity contribution is 6.09. The number of rotatable bonds is 2. The van der Waals surface area contributed by atoms with Crippen molar-refractivity contribution in [1.29, 1.82) is 0 Å². The summed E-state index contributed by atoms with van der Waals surface area (Å²) >= 11 is 0. The molecule has 0 aliphatic heterocycles. The molecule has 0 spiro atoms. The van der Waals surface area contributed by atoms with E-state index in [-0.39, 0.29) is 24.0 Å². The smallest absolute Gasteiger partial charge is 0.212 e. The van der Waals surface area contributed by atoms with Crippen molar-refractivity contribution in [3.63, 3.8) is 0 Å². The first-order chi connectivity index (χ1) is 13.6. The summed E-state index contributed by atoms with van der Waals surface area (Å²) in [6.07, 6.45) is 6.39. The molecule has 0 saturated carbocycles. The van der Waals surface area contributed by atoms with Gasteiger partial charge < -0.3 is 28.5 Å². The van der Waals surface area contributed by atoms with Crippen molar-refractivity contribution in [2.24, 2.45) is 14.1 Å². The first-order valence-electron chi connectivity index (χ1n) is 9.54. The Morgan fingerprint density at radius 2 is 1.62 bits per heavy atom. The predicted molar refractivity (Wildman–Crippen MR) is 117 cm³/mol. The first kappa shape index (κ1) is 19.6. The molecule has 0 aliphatic rings. The van der Waals surface area contributed by atoms with Crippen LogP contribution in [0.1, 0.15) is 17.0 Å². The second-order valence-electron chi connectivity index (χ2n) is 7.34. The molecule has 0 amide bonds. The molecule has 3 aromatic heterocycles. The average molecular weight is 491 g/mol. The fourth-order valence-corrected chi connectivity index (χ4v) is 4.23. The van der Waals surface area contributed by atoms with Gasteiger partial charge in [0.25, 0.3) is 0 Å². The number of hydrogen-bond acceptors (Lipinski definition) is 1. The molecular weight excluding hydrogens is 469 g/mol. The minimum Gasteiger partial charge on any atom is -1.00 e. The van der Waals surface area contributed by atoms with E-state index < -0.39 is 0 Å². The highest BCUT2D eigenvalue weighted by Crippen LogP contribution is 2.30. The molecule has 5 rings (SSSR count). The third kappa shape index (κ3) is 3.21. The maximum Gasteiger partial charge on any atom is 0.212 e. The van der Waals surface area contributed by atoms with Crippen LogP contribution in [0.25, 0.3) is 44.9 Å². The molecule has 3 heterocycles. The monoisotopic (exact) mass is 491 g/mol. The number of pyridine rings is 2. The third-order valence-corrected chi connectivity index (χ3v) is 5.58. The molecule has 0 saturated heterocycles. The second kappa shape index (κ2) is 7.59. The Morgan fingerprint density at radius 1 is 0.897 bits per heavy atom. The Kier molecular flexibility index (Phi) is 5.13. The topological polar surface area (TPSA) is 21.7 Å². The first-order valence-corrected chi connectivity index (χ1v) is 9.54. The van der Waals surface area contributed by atoms with Gasteiger partial charge in [0.15, 0.2) is 6.20 Å². The van der Waals surface area contributed by atoms with Gasteiger partial charge in [0.1, 0.15) is 7.05 Å². The van der Waals surface area contributed by atoms with Crippen LogP contribution >= 0.6 is 0 Å². The minimum absolute atomic E-state index is 0. The van der Waals surface area contributed by atoms with Crippen LogP contribution in [-0.2, 0) is 14.1 Å². The van der Waals surface area contributed by atoms with Crippen LogP contribution < -0.4 is 28.5 Å². The minimum atomic E-state index is 0. The fourth-order valence-electron chi connectivity index (χ4n) is 4.23. The summed E-state index contributed by atoms with van der Waals surface area (Å²) in [7, 11) is 4.19. The van der Waals surface area contributed by atoms with Gasteiger partial charge in [-0.25, -0.2) is 4.57 Å². The third-order valence-electron chi connectivity index (χ3n) is 5.58. The second-order valence-corrected chi connectivity index (χ2v) is 7.34. The molecule has 29 heavy (non-hydrogen) atoms. The Bertz CT molecular complexity index is 1400. The summed E-state index contributed by atoms with van der Waals surface area (Å²) in [5.74, 6) is 0. The lowest BCUT2D eigenvalue weighted by molar-refractivity contribution is -0.644. The lowest BCUT2D eigenvalue weighted by atomic mass is 10.1. The van der Waals surface area contributed by atoms with Crippen LogP contribution in [0.3, 0.4) is 0 Å². The maximum atomic E-state index is 4.86. The SMILES string of the molecule is Cc1nc(/C=C/c2cc[n+](C)c3ccccc23)cc2c3ccccc3n(C)c12.[I-]. The Morgan fingerprint density at radius 3 is 2.45 bits per heavy atom. The van der Waals surface area contributed by atoms with Crippen LogP contribution in [-0.4, -0.2) is 9.55 Å². The van der Waals surface area contributed by atoms with Crippen molar-refractivity contribution < 1.29 is 28.5 Å². The van der Waals surface area contributed by atoms with Gasteiger partial charge in [0, 0.05) is 35.5 Å². The van der Waals surface area contributed by atoms with Crippen molar-refractivity contribution in [3.8, 4) is 0 Å². The van der Waals surface area contributed by atoms with Crippen molar-refractivity contribution in [2.75, 3.05) is 0 Å². The molecule has 144 valence electrons. The van der Waals surface area contributed by atoms with E-state index in [1.54, 1.807) is 0 Å². The predicted octanol–water partition coefficient (Wildman–Crippen LogP) is 2.19. The normalized spacial score (nSPS) is 11.6. The van der Waals surface area contributed by atoms with Crippen molar-refractivity contribution in [1.82, 2.24) is 9.55 Å². The summed E-state index contributed by atoms with van der Waals surface area (Å²) < 4.78 is 4.39. The van der Waals surface area contributed by atoms with Crippen LogP contribution in [0.4, 0.5) is 0 Å². The molecule has 5 aromatic rings. The lowest BCUT2D eigenvalue weighted by Gasteiger charge is -2.04. The molecule has 0 radical (unpaired) electrons. The number of nitrogens with zero attached hydrogens (tertiary/aromatic N) is 3. The van der Waals surface area contributed by atoms with Crippen molar-refractivity contribution in [2.45, 2.75) is 6.92 Å². The van der Waals surface area contributed by atoms with Gasteiger partial charge in [-0.1, -0.05) is 36.4 Å². The van der Waals surface area contributed by atoms with E-state index in [0.29, 0.717) is 0 Å². The molecular formula is C25H22IN3. The summed E-state index contributed by atoms with van der Waals surface area (Å²) in [6.45, 7) is 2.09. The number of para-hydroxylation sites is 2. The number of aryl methyl sites for hydroxylation is 3. The zero-order valence-electron chi connectivity index (χ0n) is 16.7. The van der Waals surface area contributed by atoms with E-state index in [4.69, 9.17) is 4.98 Å². The highest BCUT2D eigenvalue weighted by atomic mass is 127. The average Bonchev–Trinajstić information content (AvgIpc) is 3.01. The van der Waals surface area contributed by atoms with E-state index in [1.807, 2.05) is 0 Å². The van der Waals surface area contributed by atoms with Crippen LogP contribution in [0.5, 0.6) is 0 Å². The van der Waals surface area contributed by atoms with Gasteiger partial charge >= 0.3 is 0 Å². The quantitative estimate of drug-likeness (QED) is 0.274. The summed E-state index contributed by atoms with van der Waals surface area (Å²) in [5.41, 5.74) is 6.91. The molecule has 4 heteroatoms. The van der Waals surface area contributed by atoms with Crippen molar-refractivity contribution >= 4 is 44.9 Å². The zero-order chi connectivity index (χ0) is 19.3. The largest absolute Gasteiger partial charge is 1.00 e. The Hall–Kier alpha value is -2.73. The molecule has 0 atom stereocenters. The van der Waals surface area contributed by atoms with E-state index in [0.717, 1.165) is 11.4 Å². The molecule has 0 aliphatic carbocycles. The number of hydrogen-bond donors (Lipinski definition) is 0. The standard InChI is InChI=1S/C25H22N3.HI/c1-17-25-22(21-9-5-7-11-24(21)28(25)3)16-19(26-17)13-12-18-14-15-27(2)23-10-6-4-8-20(18)23;/h4-16H,1-3H3;1H/q+1;/p-1. The fraction of sp³-hybridized carbons (Fsp3) is 0.120. The Labute approximate surface area is 187 Å². The summed E-state index contributed by atoms with van der Waals surface area (Å²) in [5, 5.41) is 3.78. The molecule has 0 bridgehead atoms. The number of fused-ring (bicyclic) bond motifs is 4. The zero-order valence-corrected chi connectivity index (χ0v) is 18.9. The van der Waals surface area contributed by atoms with Crippen LogP contribution in [0.15, 0.2) is 66.9 Å². The highest BCUT2D eigenvalue weighted by Gasteiger charge is 2.12. The number of halogens is 1.